The van der Waals surface area contributed by atoms with Gasteiger partial charge in [0.05, 0.1) is 5.56 Å². The summed E-state index contributed by atoms with van der Waals surface area (Å²) in [4.78, 5) is 16.3. The maximum absolute atomic E-state index is 12.9. The van der Waals surface area contributed by atoms with E-state index in [1.165, 1.54) is 23.1 Å². The standard InChI is InChI=1S/C29H19ClF3NOS/c30-23-12-7-19(8-13-23)28(26-2-1-15-36-26)21-9-14-25-24(16-21)20(17-27(35)34-25)6-3-18-4-10-22(11-5-18)29(31,32)33/h1-17,28H,(H,34,35). The number of hydrogen-bond donors (Lipinski definition) is 1. The predicted octanol–water partition coefficient (Wildman–Crippen LogP) is 8.61. The zero-order chi connectivity index (χ0) is 25.3. The van der Waals surface area contributed by atoms with Crippen LogP contribution in [0.5, 0.6) is 0 Å². The van der Waals surface area contributed by atoms with Crippen LogP contribution in [0.2, 0.25) is 5.02 Å². The quantitative estimate of drug-likeness (QED) is 0.247. The number of aromatic amines is 1. The number of benzene rings is 3. The van der Waals surface area contributed by atoms with Gasteiger partial charge in [0.2, 0.25) is 5.56 Å². The lowest BCUT2D eigenvalue weighted by atomic mass is 9.88. The molecule has 5 aromatic rings. The van der Waals surface area contributed by atoms with Crippen molar-refractivity contribution in [3.63, 3.8) is 0 Å². The molecular weight excluding hydrogens is 503 g/mol. The van der Waals surface area contributed by atoms with E-state index in [0.717, 1.165) is 28.6 Å². The van der Waals surface area contributed by atoms with Crippen LogP contribution in [0.3, 0.4) is 0 Å². The lowest BCUT2D eigenvalue weighted by molar-refractivity contribution is -0.137. The normalized spacial score (nSPS) is 12.9. The molecule has 0 spiro atoms. The summed E-state index contributed by atoms with van der Waals surface area (Å²) in [5, 5.41) is 3.54. The van der Waals surface area contributed by atoms with Crippen LogP contribution in [0.15, 0.2) is 95.1 Å². The van der Waals surface area contributed by atoms with Crippen molar-refractivity contribution in [2.75, 3.05) is 0 Å². The van der Waals surface area contributed by atoms with E-state index >= 15 is 0 Å². The highest BCUT2D eigenvalue weighted by Crippen LogP contribution is 2.37. The molecule has 0 saturated carbocycles. The highest BCUT2D eigenvalue weighted by Gasteiger charge is 2.29. The van der Waals surface area contributed by atoms with E-state index in [4.69, 9.17) is 11.6 Å². The van der Waals surface area contributed by atoms with Crippen LogP contribution >= 0.6 is 22.9 Å². The Bertz CT molecular complexity index is 1590. The van der Waals surface area contributed by atoms with Gasteiger partial charge < -0.3 is 4.98 Å². The van der Waals surface area contributed by atoms with Crippen LogP contribution < -0.4 is 5.56 Å². The number of aromatic nitrogens is 1. The smallest absolute Gasteiger partial charge is 0.322 e. The van der Waals surface area contributed by atoms with Crippen LogP contribution in [0.1, 0.15) is 38.6 Å². The number of fused-ring (bicyclic) bond motifs is 1. The summed E-state index contributed by atoms with van der Waals surface area (Å²) in [6.07, 6.45) is -0.922. The minimum atomic E-state index is -4.38. The average molecular weight is 522 g/mol. The van der Waals surface area contributed by atoms with Crippen LogP contribution in [-0.4, -0.2) is 4.98 Å². The lowest BCUT2D eigenvalue weighted by Gasteiger charge is -2.18. The van der Waals surface area contributed by atoms with Gasteiger partial charge in [0.25, 0.3) is 0 Å². The second-order valence-electron chi connectivity index (χ2n) is 8.35. The van der Waals surface area contributed by atoms with E-state index in [9.17, 15) is 18.0 Å². The van der Waals surface area contributed by atoms with Crippen molar-refractivity contribution in [3.8, 4) is 0 Å². The van der Waals surface area contributed by atoms with E-state index in [1.807, 2.05) is 47.8 Å². The largest absolute Gasteiger partial charge is 0.416 e. The first kappa shape index (κ1) is 24.1. The second-order valence-corrected chi connectivity index (χ2v) is 9.76. The van der Waals surface area contributed by atoms with E-state index in [-0.39, 0.29) is 11.5 Å². The molecule has 0 aliphatic heterocycles. The fourth-order valence-corrected chi connectivity index (χ4v) is 5.22. The van der Waals surface area contributed by atoms with Gasteiger partial charge in [0, 0.05) is 32.8 Å². The summed E-state index contributed by atoms with van der Waals surface area (Å²) < 4.78 is 38.6. The van der Waals surface area contributed by atoms with Crippen molar-refractivity contribution in [2.45, 2.75) is 12.1 Å². The average Bonchev–Trinajstić information content (AvgIpc) is 3.38. The van der Waals surface area contributed by atoms with Crippen molar-refractivity contribution >= 4 is 46.0 Å². The molecule has 2 aromatic heterocycles. The highest BCUT2D eigenvalue weighted by atomic mass is 35.5. The minimum Gasteiger partial charge on any atom is -0.322 e. The molecule has 5 rings (SSSR count). The van der Waals surface area contributed by atoms with Gasteiger partial charge >= 0.3 is 6.18 Å². The Morgan fingerprint density at radius 1 is 0.861 bits per heavy atom. The van der Waals surface area contributed by atoms with Crippen LogP contribution in [0, 0.1) is 0 Å². The van der Waals surface area contributed by atoms with Gasteiger partial charge in [-0.3, -0.25) is 4.79 Å². The van der Waals surface area contributed by atoms with E-state index in [0.29, 0.717) is 21.7 Å². The van der Waals surface area contributed by atoms with Gasteiger partial charge in [-0.05, 0) is 70.1 Å². The van der Waals surface area contributed by atoms with Crippen molar-refractivity contribution in [1.29, 1.82) is 0 Å². The molecule has 3 aromatic carbocycles. The van der Waals surface area contributed by atoms with Gasteiger partial charge in [-0.1, -0.05) is 60.2 Å². The van der Waals surface area contributed by atoms with Crippen LogP contribution in [0.25, 0.3) is 23.1 Å². The molecule has 2 nitrogen and oxygen atoms in total. The molecule has 180 valence electrons. The molecule has 0 fully saturated rings. The summed E-state index contributed by atoms with van der Waals surface area (Å²) in [6.45, 7) is 0. The molecule has 0 radical (unpaired) electrons. The SMILES string of the molecule is O=c1cc(C=Cc2ccc(C(F)(F)F)cc2)c2cc(C(c3ccc(Cl)cc3)c3cccs3)ccc2[nH]1. The Hall–Kier alpha value is -3.61. The molecule has 0 aliphatic rings. The maximum atomic E-state index is 12.9. The Morgan fingerprint density at radius 3 is 2.25 bits per heavy atom. The third kappa shape index (κ3) is 5.15. The van der Waals surface area contributed by atoms with E-state index < -0.39 is 11.7 Å². The second kappa shape index (κ2) is 9.80. The number of thiophene rings is 1. The lowest BCUT2D eigenvalue weighted by Crippen LogP contribution is -2.06. The molecule has 2 heterocycles. The topological polar surface area (TPSA) is 32.9 Å². The zero-order valence-electron chi connectivity index (χ0n) is 18.7. The fourth-order valence-electron chi connectivity index (χ4n) is 4.22. The maximum Gasteiger partial charge on any atom is 0.416 e. The number of rotatable bonds is 5. The molecule has 1 atom stereocenters. The molecule has 0 bridgehead atoms. The van der Waals surface area contributed by atoms with Gasteiger partial charge in [0.15, 0.2) is 0 Å². The number of nitrogens with one attached hydrogen (secondary N) is 1. The summed E-state index contributed by atoms with van der Waals surface area (Å²) >= 11 is 7.79. The Morgan fingerprint density at radius 2 is 1.58 bits per heavy atom. The van der Waals surface area contributed by atoms with E-state index in [2.05, 4.69) is 17.1 Å². The van der Waals surface area contributed by atoms with Crippen molar-refractivity contribution < 1.29 is 13.2 Å². The molecule has 0 aliphatic carbocycles. The number of H-pyrrole nitrogens is 1. The van der Waals surface area contributed by atoms with Gasteiger partial charge in [-0.2, -0.15) is 13.2 Å². The first-order valence-electron chi connectivity index (χ1n) is 11.1. The Kier molecular flexibility index (Phi) is 6.56. The first-order valence-corrected chi connectivity index (χ1v) is 12.3. The third-order valence-electron chi connectivity index (χ3n) is 5.96. The van der Waals surface area contributed by atoms with Crippen LogP contribution in [0.4, 0.5) is 13.2 Å². The van der Waals surface area contributed by atoms with Crippen molar-refractivity contribution in [1.82, 2.24) is 4.98 Å². The molecule has 7 heteroatoms. The summed E-state index contributed by atoms with van der Waals surface area (Å²) in [7, 11) is 0. The minimum absolute atomic E-state index is 0.0228. The zero-order valence-corrected chi connectivity index (χ0v) is 20.3. The number of halogens is 4. The molecule has 1 unspecified atom stereocenters. The van der Waals surface area contributed by atoms with Crippen LogP contribution in [-0.2, 0) is 6.18 Å². The molecule has 36 heavy (non-hydrogen) atoms. The summed E-state index contributed by atoms with van der Waals surface area (Å²) in [5.74, 6) is -0.0228. The van der Waals surface area contributed by atoms with Gasteiger partial charge in [0.1, 0.15) is 0 Å². The number of pyridine rings is 1. The predicted molar refractivity (Wildman–Crippen MR) is 142 cm³/mol. The molecule has 1 N–H and O–H groups in total. The van der Waals surface area contributed by atoms with Crippen molar-refractivity contribution in [2.24, 2.45) is 0 Å². The third-order valence-corrected chi connectivity index (χ3v) is 7.15. The fraction of sp³-hybridized carbons (Fsp3) is 0.0690. The van der Waals surface area contributed by atoms with Crippen molar-refractivity contribution in [3.05, 3.63) is 138 Å². The number of alkyl halides is 3. The molecule has 0 amide bonds. The summed E-state index contributed by atoms with van der Waals surface area (Å²) in [6, 6.07) is 24.2. The Balaban J connectivity index is 1.58. The number of hydrogen-bond acceptors (Lipinski definition) is 2. The Labute approximate surface area is 214 Å². The first-order chi connectivity index (χ1) is 17.3. The van der Waals surface area contributed by atoms with Gasteiger partial charge in [-0.15, -0.1) is 11.3 Å². The summed E-state index contributed by atoms with van der Waals surface area (Å²) in [5.41, 5.74) is 3.14. The highest BCUT2D eigenvalue weighted by molar-refractivity contribution is 7.10. The monoisotopic (exact) mass is 521 g/mol. The van der Waals surface area contributed by atoms with Gasteiger partial charge in [-0.25, -0.2) is 0 Å². The molecule has 0 saturated heterocycles. The molecular formula is C29H19ClF3NOS. The van der Waals surface area contributed by atoms with E-state index in [1.54, 1.807) is 23.5 Å².